The molecule has 17 heavy (non-hydrogen) atoms. The Morgan fingerprint density at radius 2 is 1.71 bits per heavy atom. The van der Waals surface area contributed by atoms with E-state index in [0.29, 0.717) is 0 Å². The summed E-state index contributed by atoms with van der Waals surface area (Å²) in [4.78, 5) is 23.6. The van der Waals surface area contributed by atoms with Gasteiger partial charge in [-0.25, -0.2) is 0 Å². The van der Waals surface area contributed by atoms with Crippen molar-refractivity contribution in [1.29, 1.82) is 0 Å². The van der Waals surface area contributed by atoms with Crippen molar-refractivity contribution >= 4 is 11.9 Å². The number of carbonyl (C=O) groups is 2. The lowest BCUT2D eigenvalue weighted by Gasteiger charge is -2.23. The number of hydrogen-bond donors (Lipinski definition) is 0. The zero-order chi connectivity index (χ0) is 13.5. The fraction of sp³-hybridized carbons (Fsp3) is 0.538. The van der Waals surface area contributed by atoms with Gasteiger partial charge in [0.1, 0.15) is 0 Å². The third-order valence-electron chi connectivity index (χ3n) is 2.33. The summed E-state index contributed by atoms with van der Waals surface area (Å²) in [6, 6.07) is 0. The molecule has 0 fully saturated rings. The zero-order valence-corrected chi connectivity index (χ0v) is 10.9. The van der Waals surface area contributed by atoms with E-state index in [4.69, 9.17) is 0 Å². The Bertz CT molecular complexity index is 299. The van der Waals surface area contributed by atoms with E-state index in [1.165, 1.54) is 26.4 Å². The van der Waals surface area contributed by atoms with Crippen molar-refractivity contribution in [2.24, 2.45) is 11.3 Å². The van der Waals surface area contributed by atoms with Crippen LogP contribution in [0.1, 0.15) is 20.3 Å². The summed E-state index contributed by atoms with van der Waals surface area (Å²) in [5.41, 5.74) is -1.42. The number of carbonyl (C=O) groups excluding carboxylic acids is 2. The van der Waals surface area contributed by atoms with Gasteiger partial charge < -0.3 is 9.47 Å². The van der Waals surface area contributed by atoms with Gasteiger partial charge in [-0.15, -0.1) is 6.58 Å². The number of allylic oxidation sites excluding steroid dienone is 2. The van der Waals surface area contributed by atoms with Crippen molar-refractivity contribution in [1.82, 2.24) is 0 Å². The monoisotopic (exact) mass is 240 g/mol. The molecule has 0 aliphatic heterocycles. The molecular weight excluding hydrogens is 220 g/mol. The first-order chi connectivity index (χ1) is 7.94. The van der Waals surface area contributed by atoms with Gasteiger partial charge in [0.25, 0.3) is 0 Å². The predicted molar refractivity (Wildman–Crippen MR) is 65.3 cm³/mol. The van der Waals surface area contributed by atoms with Gasteiger partial charge in [-0.1, -0.05) is 32.1 Å². The topological polar surface area (TPSA) is 52.6 Å². The molecule has 96 valence electrons. The first-order valence-electron chi connectivity index (χ1n) is 5.41. The Hall–Kier alpha value is -1.58. The second kappa shape index (κ2) is 6.89. The van der Waals surface area contributed by atoms with Gasteiger partial charge in [0.15, 0.2) is 5.41 Å². The molecule has 0 saturated carbocycles. The van der Waals surface area contributed by atoms with Crippen molar-refractivity contribution in [3.05, 3.63) is 24.8 Å². The molecule has 0 rings (SSSR count). The highest BCUT2D eigenvalue weighted by Gasteiger charge is 2.45. The molecule has 4 nitrogen and oxygen atoms in total. The van der Waals surface area contributed by atoms with E-state index in [1.807, 2.05) is 13.8 Å². The van der Waals surface area contributed by atoms with Crippen molar-refractivity contribution in [2.75, 3.05) is 14.2 Å². The van der Waals surface area contributed by atoms with Crippen LogP contribution in [-0.4, -0.2) is 26.2 Å². The molecule has 0 heterocycles. The summed E-state index contributed by atoms with van der Waals surface area (Å²) >= 11 is 0. The van der Waals surface area contributed by atoms with E-state index >= 15 is 0 Å². The van der Waals surface area contributed by atoms with Crippen LogP contribution in [0.3, 0.4) is 0 Å². The van der Waals surface area contributed by atoms with Crippen molar-refractivity contribution in [3.8, 4) is 0 Å². The second-order valence-electron chi connectivity index (χ2n) is 4.05. The highest BCUT2D eigenvalue weighted by atomic mass is 16.5. The minimum Gasteiger partial charge on any atom is -0.468 e. The molecule has 0 aliphatic carbocycles. The maximum absolute atomic E-state index is 11.8. The van der Waals surface area contributed by atoms with E-state index in [1.54, 1.807) is 6.08 Å². The van der Waals surface area contributed by atoms with Crippen LogP contribution in [0.15, 0.2) is 24.8 Å². The van der Waals surface area contributed by atoms with E-state index in [-0.39, 0.29) is 12.3 Å². The second-order valence-corrected chi connectivity index (χ2v) is 4.05. The molecule has 0 atom stereocenters. The lowest BCUT2D eigenvalue weighted by Crippen LogP contribution is -2.39. The van der Waals surface area contributed by atoms with E-state index in [0.717, 1.165) is 0 Å². The van der Waals surface area contributed by atoms with Gasteiger partial charge in [-0.2, -0.15) is 0 Å². The van der Waals surface area contributed by atoms with E-state index in [2.05, 4.69) is 16.1 Å². The standard InChI is InChI=1S/C13H20O4/c1-6-8-13(11(14)16-4,12(15)17-5)9-7-10(2)3/h6-7,9-10H,1,8H2,2-5H3/b9-7+. The fourth-order valence-corrected chi connectivity index (χ4v) is 1.40. The third-order valence-corrected chi connectivity index (χ3v) is 2.33. The first-order valence-corrected chi connectivity index (χ1v) is 5.41. The molecule has 0 spiro atoms. The van der Waals surface area contributed by atoms with Crippen LogP contribution in [0.2, 0.25) is 0 Å². The number of hydrogen-bond acceptors (Lipinski definition) is 4. The third kappa shape index (κ3) is 3.73. The summed E-state index contributed by atoms with van der Waals surface area (Å²) in [7, 11) is 2.48. The lowest BCUT2D eigenvalue weighted by molar-refractivity contribution is -0.164. The van der Waals surface area contributed by atoms with Crippen LogP contribution < -0.4 is 0 Å². The molecule has 0 amide bonds. The molecule has 0 aromatic rings. The van der Waals surface area contributed by atoms with E-state index < -0.39 is 17.4 Å². The molecule has 0 aromatic carbocycles. The maximum Gasteiger partial charge on any atom is 0.327 e. The summed E-state index contributed by atoms with van der Waals surface area (Å²) in [5, 5.41) is 0. The van der Waals surface area contributed by atoms with Gasteiger partial charge in [0.05, 0.1) is 14.2 Å². The quantitative estimate of drug-likeness (QED) is 0.405. The molecule has 0 radical (unpaired) electrons. The van der Waals surface area contributed by atoms with Gasteiger partial charge in [-0.3, -0.25) is 9.59 Å². The van der Waals surface area contributed by atoms with Crippen LogP contribution in [-0.2, 0) is 19.1 Å². The normalized spacial score (nSPS) is 11.6. The minimum absolute atomic E-state index is 0.148. The summed E-state index contributed by atoms with van der Waals surface area (Å²) in [6.07, 6.45) is 4.96. The smallest absolute Gasteiger partial charge is 0.327 e. The summed E-state index contributed by atoms with van der Waals surface area (Å²) in [6.45, 7) is 7.45. The number of ether oxygens (including phenoxy) is 2. The Labute approximate surface area is 102 Å². The number of esters is 2. The molecule has 0 aromatic heterocycles. The molecule has 0 N–H and O–H groups in total. The highest BCUT2D eigenvalue weighted by Crippen LogP contribution is 2.29. The van der Waals surface area contributed by atoms with Crippen molar-refractivity contribution in [2.45, 2.75) is 20.3 Å². The average molecular weight is 240 g/mol. The van der Waals surface area contributed by atoms with Crippen LogP contribution >= 0.6 is 0 Å². The maximum atomic E-state index is 11.8. The molecular formula is C13H20O4. The van der Waals surface area contributed by atoms with Crippen LogP contribution in [0.25, 0.3) is 0 Å². The number of methoxy groups -OCH3 is 2. The average Bonchev–Trinajstić information content (AvgIpc) is 2.32. The molecule has 4 heteroatoms. The largest absolute Gasteiger partial charge is 0.468 e. The van der Waals surface area contributed by atoms with Gasteiger partial charge in [0, 0.05) is 0 Å². The Kier molecular flexibility index (Phi) is 6.25. The van der Waals surface area contributed by atoms with Crippen LogP contribution in [0.5, 0.6) is 0 Å². The van der Waals surface area contributed by atoms with Gasteiger partial charge >= 0.3 is 11.9 Å². The lowest BCUT2D eigenvalue weighted by atomic mass is 9.83. The van der Waals surface area contributed by atoms with Gasteiger partial charge in [0.2, 0.25) is 0 Å². The molecule has 0 unspecified atom stereocenters. The molecule has 0 bridgehead atoms. The van der Waals surface area contributed by atoms with Crippen molar-refractivity contribution in [3.63, 3.8) is 0 Å². The predicted octanol–water partition coefficient (Wildman–Crippen LogP) is 2.11. The molecule has 0 aliphatic rings. The zero-order valence-electron chi connectivity index (χ0n) is 10.9. The first kappa shape index (κ1) is 15.4. The van der Waals surface area contributed by atoms with E-state index in [9.17, 15) is 9.59 Å². The minimum atomic E-state index is -1.42. The SMILES string of the molecule is C=CCC(/C=C/C(C)C)(C(=O)OC)C(=O)OC. The van der Waals surface area contributed by atoms with Crippen LogP contribution in [0.4, 0.5) is 0 Å². The van der Waals surface area contributed by atoms with Gasteiger partial charge in [-0.05, 0) is 12.3 Å². The Balaban J connectivity index is 5.46. The Morgan fingerprint density at radius 1 is 1.24 bits per heavy atom. The molecule has 0 saturated heterocycles. The fourth-order valence-electron chi connectivity index (χ4n) is 1.40. The van der Waals surface area contributed by atoms with Crippen molar-refractivity contribution < 1.29 is 19.1 Å². The summed E-state index contributed by atoms with van der Waals surface area (Å²) in [5.74, 6) is -1.06. The summed E-state index contributed by atoms with van der Waals surface area (Å²) < 4.78 is 9.37. The Morgan fingerprint density at radius 3 is 2.00 bits per heavy atom. The highest BCUT2D eigenvalue weighted by molar-refractivity contribution is 6.02. The van der Waals surface area contributed by atoms with Crippen LogP contribution in [0, 0.1) is 11.3 Å². The number of rotatable bonds is 6.